The first-order chi connectivity index (χ1) is 9.02. The molecule has 0 saturated heterocycles. The zero-order valence-electron chi connectivity index (χ0n) is 11.7. The molecule has 2 rings (SSSR count). The molecule has 0 aromatic heterocycles. The largest absolute Gasteiger partial charge is 0.324 e. The van der Waals surface area contributed by atoms with Gasteiger partial charge in [0.2, 0.25) is 0 Å². The molecular weight excluding hydrogens is 259 g/mol. The van der Waals surface area contributed by atoms with Gasteiger partial charge in [0, 0.05) is 12.7 Å². The lowest BCUT2D eigenvalue weighted by atomic mass is 10.00. The highest BCUT2D eigenvalue weighted by Gasteiger charge is 2.22. The maximum Gasteiger partial charge on any atom is 0.163 e. The minimum atomic E-state index is -0.207. The van der Waals surface area contributed by atoms with Crippen LogP contribution in [0.5, 0.6) is 0 Å². The van der Waals surface area contributed by atoms with Crippen LogP contribution in [0.4, 0.5) is 4.39 Å². The van der Waals surface area contributed by atoms with Gasteiger partial charge in [-0.1, -0.05) is 25.6 Å². The van der Waals surface area contributed by atoms with Gasteiger partial charge in [0.05, 0.1) is 6.04 Å². The highest BCUT2D eigenvalue weighted by atomic mass is 32.2. The SMILES string of the molecule is CSC1=N[C@@H](C(C)C)C=C(c2ccc(F)cc2)N1C. The summed E-state index contributed by atoms with van der Waals surface area (Å²) in [7, 11) is 2.00. The highest BCUT2D eigenvalue weighted by molar-refractivity contribution is 8.13. The van der Waals surface area contributed by atoms with Gasteiger partial charge in [-0.25, -0.2) is 4.39 Å². The normalized spacial score (nSPS) is 19.5. The summed E-state index contributed by atoms with van der Waals surface area (Å²) < 4.78 is 13.0. The van der Waals surface area contributed by atoms with Crippen molar-refractivity contribution in [3.8, 4) is 0 Å². The first kappa shape index (κ1) is 14.1. The molecule has 0 spiro atoms. The molecule has 0 saturated carbocycles. The molecular formula is C15H19FN2S. The van der Waals surface area contributed by atoms with Gasteiger partial charge in [-0.2, -0.15) is 0 Å². The number of benzene rings is 1. The Kier molecular flexibility index (Phi) is 4.30. The minimum Gasteiger partial charge on any atom is -0.324 e. The standard InChI is InChI=1S/C15H19FN2S/c1-10(2)13-9-14(18(3)15(17-13)19-4)11-5-7-12(16)8-6-11/h5-10,13H,1-4H3/t13-/m1/s1. The van der Waals surface area contributed by atoms with E-state index in [2.05, 4.69) is 24.8 Å². The maximum absolute atomic E-state index is 13.0. The Morgan fingerprint density at radius 2 is 1.89 bits per heavy atom. The lowest BCUT2D eigenvalue weighted by Crippen LogP contribution is -2.30. The number of hydrogen-bond acceptors (Lipinski definition) is 3. The minimum absolute atomic E-state index is 0.179. The Bertz CT molecular complexity index is 505. The first-order valence-corrected chi connectivity index (χ1v) is 7.58. The zero-order chi connectivity index (χ0) is 14.0. The van der Waals surface area contributed by atoms with Crippen molar-refractivity contribution < 1.29 is 4.39 Å². The van der Waals surface area contributed by atoms with Gasteiger partial charge in [-0.05, 0) is 48.1 Å². The lowest BCUT2D eigenvalue weighted by molar-refractivity contribution is 0.548. The summed E-state index contributed by atoms with van der Waals surface area (Å²) in [5.41, 5.74) is 2.12. The van der Waals surface area contributed by atoms with Crippen LogP contribution < -0.4 is 0 Å². The summed E-state index contributed by atoms with van der Waals surface area (Å²) in [4.78, 5) is 6.80. The van der Waals surface area contributed by atoms with E-state index in [0.29, 0.717) is 5.92 Å². The summed E-state index contributed by atoms with van der Waals surface area (Å²) in [6.07, 6.45) is 4.19. The summed E-state index contributed by atoms with van der Waals surface area (Å²) >= 11 is 1.64. The topological polar surface area (TPSA) is 15.6 Å². The third-order valence-corrected chi connectivity index (χ3v) is 3.99. The van der Waals surface area contributed by atoms with E-state index in [1.807, 2.05) is 25.4 Å². The fraction of sp³-hybridized carbons (Fsp3) is 0.400. The molecule has 1 aromatic carbocycles. The molecule has 1 aliphatic rings. The fourth-order valence-electron chi connectivity index (χ4n) is 2.07. The van der Waals surface area contributed by atoms with Gasteiger partial charge in [0.15, 0.2) is 5.17 Å². The van der Waals surface area contributed by atoms with Crippen molar-refractivity contribution in [2.45, 2.75) is 19.9 Å². The van der Waals surface area contributed by atoms with Crippen molar-refractivity contribution in [1.82, 2.24) is 4.90 Å². The van der Waals surface area contributed by atoms with Crippen LogP contribution >= 0.6 is 11.8 Å². The Morgan fingerprint density at radius 3 is 2.42 bits per heavy atom. The highest BCUT2D eigenvalue weighted by Crippen LogP contribution is 2.28. The van der Waals surface area contributed by atoms with Crippen molar-refractivity contribution in [1.29, 1.82) is 0 Å². The predicted molar refractivity (Wildman–Crippen MR) is 81.7 cm³/mol. The molecule has 1 aliphatic heterocycles. The van der Waals surface area contributed by atoms with E-state index in [9.17, 15) is 4.39 Å². The van der Waals surface area contributed by atoms with Crippen LogP contribution in [0.1, 0.15) is 19.4 Å². The summed E-state index contributed by atoms with van der Waals surface area (Å²) in [6, 6.07) is 6.81. The molecule has 1 heterocycles. The average molecular weight is 278 g/mol. The van der Waals surface area contributed by atoms with Crippen LogP contribution in [-0.2, 0) is 0 Å². The fourth-order valence-corrected chi connectivity index (χ4v) is 2.67. The monoisotopic (exact) mass is 278 g/mol. The van der Waals surface area contributed by atoms with Crippen LogP contribution in [0.25, 0.3) is 5.70 Å². The Hall–Kier alpha value is -1.29. The summed E-state index contributed by atoms with van der Waals surface area (Å²) in [6.45, 7) is 4.33. The van der Waals surface area contributed by atoms with Crippen molar-refractivity contribution in [3.63, 3.8) is 0 Å². The quantitative estimate of drug-likeness (QED) is 0.816. The van der Waals surface area contributed by atoms with Gasteiger partial charge < -0.3 is 4.90 Å². The molecule has 0 fully saturated rings. The van der Waals surface area contributed by atoms with E-state index in [-0.39, 0.29) is 11.9 Å². The third-order valence-electron chi connectivity index (χ3n) is 3.24. The third kappa shape index (κ3) is 3.00. The van der Waals surface area contributed by atoms with E-state index < -0.39 is 0 Å². The number of rotatable bonds is 2. The Morgan fingerprint density at radius 1 is 1.26 bits per heavy atom. The van der Waals surface area contributed by atoms with Crippen LogP contribution in [0, 0.1) is 11.7 Å². The van der Waals surface area contributed by atoms with Gasteiger partial charge in [0.1, 0.15) is 5.82 Å². The van der Waals surface area contributed by atoms with Gasteiger partial charge in [0.25, 0.3) is 0 Å². The number of thioether (sulfide) groups is 1. The average Bonchev–Trinajstić information content (AvgIpc) is 2.40. The van der Waals surface area contributed by atoms with Gasteiger partial charge >= 0.3 is 0 Å². The predicted octanol–water partition coefficient (Wildman–Crippen LogP) is 3.86. The molecule has 2 nitrogen and oxygen atoms in total. The molecule has 0 radical (unpaired) electrons. The lowest BCUT2D eigenvalue weighted by Gasteiger charge is -2.31. The second-order valence-electron chi connectivity index (χ2n) is 4.97. The maximum atomic E-state index is 13.0. The number of amidine groups is 1. The van der Waals surface area contributed by atoms with Crippen molar-refractivity contribution >= 4 is 22.6 Å². The van der Waals surface area contributed by atoms with Crippen LogP contribution in [0.3, 0.4) is 0 Å². The molecule has 102 valence electrons. The second kappa shape index (κ2) is 5.78. The van der Waals surface area contributed by atoms with E-state index in [1.54, 1.807) is 11.8 Å². The Labute approximate surface area is 118 Å². The van der Waals surface area contributed by atoms with E-state index >= 15 is 0 Å². The van der Waals surface area contributed by atoms with Crippen molar-refractivity contribution in [3.05, 3.63) is 41.7 Å². The van der Waals surface area contributed by atoms with Crippen molar-refractivity contribution in [2.24, 2.45) is 10.9 Å². The van der Waals surface area contributed by atoms with Crippen LogP contribution in [-0.4, -0.2) is 29.4 Å². The van der Waals surface area contributed by atoms with E-state index in [1.165, 1.54) is 12.1 Å². The molecule has 0 amide bonds. The van der Waals surface area contributed by atoms with E-state index in [4.69, 9.17) is 4.99 Å². The molecule has 0 N–H and O–H groups in total. The first-order valence-electron chi connectivity index (χ1n) is 6.36. The van der Waals surface area contributed by atoms with Crippen LogP contribution in [0.15, 0.2) is 35.3 Å². The van der Waals surface area contributed by atoms with E-state index in [0.717, 1.165) is 16.4 Å². The Balaban J connectivity index is 2.39. The van der Waals surface area contributed by atoms with Gasteiger partial charge in [-0.15, -0.1) is 0 Å². The van der Waals surface area contributed by atoms with Crippen molar-refractivity contribution in [2.75, 3.05) is 13.3 Å². The smallest absolute Gasteiger partial charge is 0.163 e. The number of hydrogen-bond donors (Lipinski definition) is 0. The second-order valence-corrected chi connectivity index (χ2v) is 5.74. The molecule has 4 heteroatoms. The molecule has 0 unspecified atom stereocenters. The molecule has 1 atom stereocenters. The van der Waals surface area contributed by atoms with Crippen LogP contribution in [0.2, 0.25) is 0 Å². The number of aliphatic imine (C=N–C) groups is 1. The summed E-state index contributed by atoms with van der Waals surface area (Å²) in [5, 5.41) is 1.00. The zero-order valence-corrected chi connectivity index (χ0v) is 12.5. The number of nitrogens with zero attached hydrogens (tertiary/aromatic N) is 2. The molecule has 0 aliphatic carbocycles. The molecule has 1 aromatic rings. The molecule has 0 bridgehead atoms. The summed E-state index contributed by atoms with van der Waals surface area (Å²) in [5.74, 6) is 0.244. The number of halogens is 1. The van der Waals surface area contributed by atoms with Gasteiger partial charge in [-0.3, -0.25) is 4.99 Å². The molecule has 19 heavy (non-hydrogen) atoms.